The summed E-state index contributed by atoms with van der Waals surface area (Å²) in [7, 11) is 0. The summed E-state index contributed by atoms with van der Waals surface area (Å²) in [4.78, 5) is 0. The fourth-order valence-electron chi connectivity index (χ4n) is 2.24. The molecule has 4 N–H and O–H groups in total. The van der Waals surface area contributed by atoms with E-state index in [1.165, 1.54) is 0 Å². The molecule has 12 heavy (non-hydrogen) atoms. The number of hydrogen-bond acceptors (Lipinski definition) is 4. The summed E-state index contributed by atoms with van der Waals surface area (Å²) in [5, 5.41) is 12.7. The summed E-state index contributed by atoms with van der Waals surface area (Å²) in [5.41, 5.74) is 5.84. The predicted octanol–water partition coefficient (Wildman–Crippen LogP) is -0.968. The Hall–Kier alpha value is -0.160. The van der Waals surface area contributed by atoms with E-state index in [4.69, 9.17) is 10.5 Å². The summed E-state index contributed by atoms with van der Waals surface area (Å²) in [6.45, 7) is 2.18. The van der Waals surface area contributed by atoms with Crippen LogP contribution in [0.1, 0.15) is 12.8 Å². The van der Waals surface area contributed by atoms with Crippen molar-refractivity contribution in [1.29, 1.82) is 0 Å². The molecule has 2 unspecified atom stereocenters. The summed E-state index contributed by atoms with van der Waals surface area (Å²) < 4.78 is 5.26. The smallest absolute Gasteiger partial charge is 0.112 e. The van der Waals surface area contributed by atoms with Crippen LogP contribution in [0.25, 0.3) is 0 Å². The molecule has 70 valence electrons. The second-order valence-electron chi connectivity index (χ2n) is 3.76. The molecule has 1 spiro atoms. The molecule has 0 aromatic rings. The van der Waals surface area contributed by atoms with E-state index in [1.807, 2.05) is 0 Å². The Morgan fingerprint density at radius 3 is 2.58 bits per heavy atom. The van der Waals surface area contributed by atoms with Gasteiger partial charge >= 0.3 is 0 Å². The minimum atomic E-state index is -0.434. The van der Waals surface area contributed by atoms with E-state index >= 15 is 0 Å². The van der Waals surface area contributed by atoms with Crippen LogP contribution in [-0.2, 0) is 4.74 Å². The second kappa shape index (κ2) is 2.96. The van der Waals surface area contributed by atoms with Gasteiger partial charge in [-0.25, -0.2) is 0 Å². The van der Waals surface area contributed by atoms with Gasteiger partial charge in [-0.05, 0) is 12.8 Å². The van der Waals surface area contributed by atoms with Gasteiger partial charge in [-0.15, -0.1) is 0 Å². The van der Waals surface area contributed by atoms with Crippen LogP contribution in [0.4, 0.5) is 0 Å². The second-order valence-corrected chi connectivity index (χ2v) is 3.76. The molecule has 0 saturated carbocycles. The van der Waals surface area contributed by atoms with Crippen LogP contribution in [0, 0.1) is 5.41 Å². The monoisotopic (exact) mass is 172 g/mol. The van der Waals surface area contributed by atoms with Gasteiger partial charge in [0.1, 0.15) is 6.23 Å². The number of nitrogens with two attached hydrogens (primary N) is 1. The third-order valence-electron chi connectivity index (χ3n) is 3.24. The maximum Gasteiger partial charge on any atom is 0.112 e. The first-order chi connectivity index (χ1) is 5.76. The first-order valence-corrected chi connectivity index (χ1v) is 4.50. The van der Waals surface area contributed by atoms with Crippen molar-refractivity contribution in [2.24, 2.45) is 11.1 Å². The molecule has 4 nitrogen and oxygen atoms in total. The van der Waals surface area contributed by atoms with Crippen molar-refractivity contribution in [2.45, 2.75) is 25.1 Å². The summed E-state index contributed by atoms with van der Waals surface area (Å²) in [6, 6.07) is 0.0800. The van der Waals surface area contributed by atoms with Gasteiger partial charge in [0.05, 0.1) is 0 Å². The summed E-state index contributed by atoms with van der Waals surface area (Å²) in [5.74, 6) is 0. The van der Waals surface area contributed by atoms with Crippen LogP contribution >= 0.6 is 0 Å². The van der Waals surface area contributed by atoms with Crippen LogP contribution in [-0.4, -0.2) is 37.1 Å². The lowest BCUT2D eigenvalue weighted by atomic mass is 9.75. The summed E-state index contributed by atoms with van der Waals surface area (Å²) in [6.07, 6.45) is 1.32. The van der Waals surface area contributed by atoms with Gasteiger partial charge < -0.3 is 15.6 Å². The topological polar surface area (TPSA) is 67.5 Å². The lowest BCUT2D eigenvalue weighted by Crippen LogP contribution is -2.48. The van der Waals surface area contributed by atoms with Crippen molar-refractivity contribution in [1.82, 2.24) is 5.32 Å². The first-order valence-electron chi connectivity index (χ1n) is 4.50. The van der Waals surface area contributed by atoms with E-state index in [2.05, 4.69) is 5.32 Å². The predicted molar refractivity (Wildman–Crippen MR) is 44.5 cm³/mol. The van der Waals surface area contributed by atoms with Crippen LogP contribution in [0.5, 0.6) is 0 Å². The first kappa shape index (κ1) is 8.44. The van der Waals surface area contributed by atoms with Crippen molar-refractivity contribution in [3.8, 4) is 0 Å². The molecule has 0 aromatic heterocycles. The van der Waals surface area contributed by atoms with Gasteiger partial charge in [0.2, 0.25) is 0 Å². The Morgan fingerprint density at radius 1 is 1.42 bits per heavy atom. The van der Waals surface area contributed by atoms with E-state index < -0.39 is 6.23 Å². The highest BCUT2D eigenvalue weighted by Crippen LogP contribution is 2.38. The lowest BCUT2D eigenvalue weighted by Gasteiger charge is -2.38. The molecule has 0 aromatic carbocycles. The minimum Gasteiger partial charge on any atom is -0.381 e. The average Bonchev–Trinajstić information content (AvgIpc) is 2.36. The van der Waals surface area contributed by atoms with E-state index in [9.17, 15) is 5.11 Å². The van der Waals surface area contributed by atoms with Gasteiger partial charge in [-0.1, -0.05) is 0 Å². The molecule has 2 rings (SSSR count). The molecule has 0 amide bonds. The summed E-state index contributed by atoms with van der Waals surface area (Å²) >= 11 is 0. The molecule has 2 saturated heterocycles. The van der Waals surface area contributed by atoms with Crippen molar-refractivity contribution in [3.05, 3.63) is 0 Å². The molecular weight excluding hydrogens is 156 g/mol. The molecule has 0 radical (unpaired) electrons. The largest absolute Gasteiger partial charge is 0.381 e. The van der Waals surface area contributed by atoms with Crippen LogP contribution in [0.15, 0.2) is 0 Å². The molecule has 2 heterocycles. The third-order valence-corrected chi connectivity index (χ3v) is 3.24. The number of aliphatic hydroxyl groups is 1. The zero-order valence-electron chi connectivity index (χ0n) is 7.12. The van der Waals surface area contributed by atoms with Crippen molar-refractivity contribution >= 4 is 0 Å². The van der Waals surface area contributed by atoms with E-state index in [0.29, 0.717) is 0 Å². The normalized spacial score (nSPS) is 40.5. The Kier molecular flexibility index (Phi) is 2.08. The maximum atomic E-state index is 9.73. The van der Waals surface area contributed by atoms with E-state index in [0.717, 1.165) is 32.6 Å². The van der Waals surface area contributed by atoms with Crippen molar-refractivity contribution in [3.63, 3.8) is 0 Å². The molecule has 0 aliphatic carbocycles. The fourth-order valence-corrected chi connectivity index (χ4v) is 2.24. The highest BCUT2D eigenvalue weighted by molar-refractivity contribution is 5.01. The minimum absolute atomic E-state index is 0.0800. The van der Waals surface area contributed by atoms with Crippen molar-refractivity contribution < 1.29 is 9.84 Å². The van der Waals surface area contributed by atoms with Crippen LogP contribution in [0.2, 0.25) is 0 Å². The Bertz CT molecular complexity index is 156. The standard InChI is InChI=1S/C8H16N2O2/c9-6-5-10-7(11)8(6)1-3-12-4-2-8/h6-7,10-11H,1-5,9H2. The van der Waals surface area contributed by atoms with Crippen LogP contribution < -0.4 is 11.1 Å². The number of ether oxygens (including phenoxy) is 1. The fraction of sp³-hybridized carbons (Fsp3) is 1.00. The number of nitrogens with one attached hydrogen (secondary N) is 1. The highest BCUT2D eigenvalue weighted by atomic mass is 16.5. The molecule has 2 fully saturated rings. The Morgan fingerprint density at radius 2 is 2.08 bits per heavy atom. The van der Waals surface area contributed by atoms with Gasteiger partial charge in [0.15, 0.2) is 0 Å². The number of rotatable bonds is 0. The van der Waals surface area contributed by atoms with Gasteiger partial charge in [0.25, 0.3) is 0 Å². The van der Waals surface area contributed by atoms with Crippen molar-refractivity contribution in [2.75, 3.05) is 19.8 Å². The van der Waals surface area contributed by atoms with E-state index in [1.54, 1.807) is 0 Å². The van der Waals surface area contributed by atoms with Crippen LogP contribution in [0.3, 0.4) is 0 Å². The number of hydrogen-bond donors (Lipinski definition) is 3. The van der Waals surface area contributed by atoms with E-state index in [-0.39, 0.29) is 11.5 Å². The Labute approximate surface area is 72.1 Å². The molecule has 0 bridgehead atoms. The quantitative estimate of drug-likeness (QED) is 0.440. The zero-order valence-corrected chi connectivity index (χ0v) is 7.12. The third kappa shape index (κ3) is 1.07. The SMILES string of the molecule is NC1CNC(O)C12CCOCC2. The number of aliphatic hydroxyl groups excluding tert-OH is 1. The van der Waals surface area contributed by atoms with Gasteiger partial charge in [0, 0.05) is 31.2 Å². The molecule has 2 aliphatic heterocycles. The lowest BCUT2D eigenvalue weighted by molar-refractivity contribution is -0.0567. The molecule has 4 heteroatoms. The molecule has 2 atom stereocenters. The average molecular weight is 172 g/mol. The Balaban J connectivity index is 2.14. The van der Waals surface area contributed by atoms with Gasteiger partial charge in [-0.2, -0.15) is 0 Å². The highest BCUT2D eigenvalue weighted by Gasteiger charge is 2.48. The zero-order chi connectivity index (χ0) is 8.60. The molecule has 2 aliphatic rings. The maximum absolute atomic E-state index is 9.73. The van der Waals surface area contributed by atoms with Gasteiger partial charge in [-0.3, -0.25) is 5.32 Å². The molecular formula is C8H16N2O2.